The van der Waals surface area contributed by atoms with Crippen LogP contribution >= 0.6 is 7.82 Å². The molecule has 13 heteroatoms. The van der Waals surface area contributed by atoms with Gasteiger partial charge in [-0.2, -0.15) is 4.39 Å². The Labute approximate surface area is 167 Å². The first-order chi connectivity index (χ1) is 14.3. The Morgan fingerprint density at radius 1 is 1.33 bits per heavy atom. The number of aromatic amines is 1. The van der Waals surface area contributed by atoms with E-state index in [1.54, 1.807) is 12.1 Å². The summed E-state index contributed by atoms with van der Waals surface area (Å²) < 4.78 is 48.7. The maximum absolute atomic E-state index is 13.5. The van der Waals surface area contributed by atoms with Crippen LogP contribution in [0, 0.1) is 5.82 Å². The number of carboxylic acids is 1. The first kappa shape index (κ1) is 20.6. The van der Waals surface area contributed by atoms with Crippen LogP contribution in [-0.4, -0.2) is 39.4 Å². The van der Waals surface area contributed by atoms with Crippen molar-refractivity contribution < 1.29 is 37.2 Å². The van der Waals surface area contributed by atoms with Gasteiger partial charge in [0, 0.05) is 6.42 Å². The van der Waals surface area contributed by atoms with Crippen LogP contribution in [-0.2, 0) is 29.5 Å². The molecule has 2 aliphatic rings. The molecule has 0 radical (unpaired) electrons. The van der Waals surface area contributed by atoms with Crippen molar-refractivity contribution in [2.45, 2.75) is 31.5 Å². The van der Waals surface area contributed by atoms with Gasteiger partial charge in [0.2, 0.25) is 5.82 Å². The lowest BCUT2D eigenvalue weighted by atomic mass is 10.1. The Kier molecular flexibility index (Phi) is 5.43. The van der Waals surface area contributed by atoms with Gasteiger partial charge in [0.05, 0.1) is 25.0 Å². The summed E-state index contributed by atoms with van der Waals surface area (Å²) in [5, 5.41) is 9.21. The predicted octanol–water partition coefficient (Wildman–Crippen LogP) is 1.40. The molecule has 2 saturated heterocycles. The minimum atomic E-state index is -4.04. The van der Waals surface area contributed by atoms with Crippen molar-refractivity contribution in [3.63, 3.8) is 0 Å². The van der Waals surface area contributed by atoms with Crippen LogP contribution < -0.4 is 11.2 Å². The number of fused-ring (bicyclic) bond motifs is 1. The van der Waals surface area contributed by atoms with Crippen molar-refractivity contribution in [2.75, 3.05) is 6.61 Å². The van der Waals surface area contributed by atoms with Crippen LogP contribution in [0.2, 0.25) is 0 Å². The molecule has 2 aliphatic heterocycles. The van der Waals surface area contributed by atoms with E-state index in [0.717, 1.165) is 10.8 Å². The largest absolute Gasteiger partial charge is 0.478 e. The number of carboxylic acid groups (broad SMARTS) is 1. The second-order valence-corrected chi connectivity index (χ2v) is 8.25. The lowest BCUT2D eigenvalue weighted by Gasteiger charge is -2.29. The smallest absolute Gasteiger partial charge is 0.475 e. The van der Waals surface area contributed by atoms with Gasteiger partial charge in [-0.1, -0.05) is 18.2 Å². The van der Waals surface area contributed by atoms with Gasteiger partial charge in [-0.25, -0.2) is 14.2 Å². The number of phosphoric acid groups is 1. The minimum Gasteiger partial charge on any atom is -0.478 e. The minimum absolute atomic E-state index is 0.0114. The SMILES string of the molecule is O=C(O)c1ccccc1COP1(=O)OC[C@H]2O[C@@H](n3cc(F)c(=O)[nH]c3=O)C[C@@H]2O1. The van der Waals surface area contributed by atoms with Gasteiger partial charge in [0.15, 0.2) is 0 Å². The first-order valence-corrected chi connectivity index (χ1v) is 10.3. The summed E-state index contributed by atoms with van der Waals surface area (Å²) in [6.45, 7) is -0.508. The first-order valence-electron chi connectivity index (χ1n) is 8.81. The van der Waals surface area contributed by atoms with Crippen molar-refractivity contribution in [2.24, 2.45) is 0 Å². The van der Waals surface area contributed by atoms with Crippen LogP contribution in [0.3, 0.4) is 0 Å². The Hall–Kier alpha value is -2.63. The highest BCUT2D eigenvalue weighted by Gasteiger charge is 2.48. The molecule has 0 saturated carbocycles. The van der Waals surface area contributed by atoms with Gasteiger partial charge in [0.25, 0.3) is 5.56 Å². The molecule has 1 aromatic carbocycles. The highest BCUT2D eigenvalue weighted by atomic mass is 31.2. The molecular weight excluding hydrogens is 426 g/mol. The number of aromatic carboxylic acids is 1. The highest BCUT2D eigenvalue weighted by Crippen LogP contribution is 2.57. The molecule has 0 aliphatic carbocycles. The van der Waals surface area contributed by atoms with Crippen molar-refractivity contribution in [3.05, 3.63) is 68.2 Å². The van der Waals surface area contributed by atoms with E-state index in [9.17, 15) is 28.4 Å². The molecule has 2 N–H and O–H groups in total. The van der Waals surface area contributed by atoms with Crippen LogP contribution in [0.5, 0.6) is 0 Å². The Morgan fingerprint density at radius 2 is 2.10 bits per heavy atom. The van der Waals surface area contributed by atoms with Gasteiger partial charge in [0.1, 0.15) is 18.4 Å². The number of halogens is 1. The summed E-state index contributed by atoms with van der Waals surface area (Å²) in [6.07, 6.45) is -1.71. The van der Waals surface area contributed by atoms with E-state index in [2.05, 4.69) is 0 Å². The molecule has 2 fully saturated rings. The molecule has 0 amide bonds. The standard InChI is InChI=1S/C17H16FN2O9P/c18-11-6-20(17(24)19-15(11)21)14-5-12-13(28-14)8-27-30(25,29-12)26-7-9-3-1-2-4-10(9)16(22)23/h1-4,6,12-14H,5,7-8H2,(H,22,23)(H,19,21,24)/t12-,13+,14+,30?/m0/s1. The van der Waals surface area contributed by atoms with E-state index in [1.165, 1.54) is 12.1 Å². The fourth-order valence-corrected chi connectivity index (χ4v) is 4.62. The summed E-state index contributed by atoms with van der Waals surface area (Å²) in [4.78, 5) is 36.2. The number of carbonyl (C=O) groups is 1. The number of hydrogen-bond donors (Lipinski definition) is 2. The molecule has 2 aromatic rings. The number of H-pyrrole nitrogens is 1. The fourth-order valence-electron chi connectivity index (χ4n) is 3.24. The quantitative estimate of drug-likeness (QED) is 0.656. The second kappa shape index (κ2) is 7.89. The molecule has 4 rings (SSSR count). The number of rotatable bonds is 5. The van der Waals surface area contributed by atoms with Crippen molar-refractivity contribution >= 4 is 13.8 Å². The monoisotopic (exact) mass is 442 g/mol. The Bertz CT molecular complexity index is 1150. The van der Waals surface area contributed by atoms with Crippen LogP contribution in [0.15, 0.2) is 40.1 Å². The molecule has 160 valence electrons. The zero-order chi connectivity index (χ0) is 21.5. The molecule has 1 unspecified atom stereocenters. The molecule has 3 heterocycles. The van der Waals surface area contributed by atoms with E-state index in [1.807, 2.05) is 4.98 Å². The lowest BCUT2D eigenvalue weighted by Crippen LogP contribution is -2.34. The maximum Gasteiger partial charge on any atom is 0.475 e. The van der Waals surface area contributed by atoms with Gasteiger partial charge < -0.3 is 9.84 Å². The molecule has 4 atom stereocenters. The molecule has 30 heavy (non-hydrogen) atoms. The number of hydrogen-bond acceptors (Lipinski definition) is 8. The van der Waals surface area contributed by atoms with Gasteiger partial charge in [-0.15, -0.1) is 0 Å². The summed E-state index contributed by atoms with van der Waals surface area (Å²) >= 11 is 0. The highest BCUT2D eigenvalue weighted by molar-refractivity contribution is 7.48. The second-order valence-electron chi connectivity index (χ2n) is 6.63. The maximum atomic E-state index is 13.5. The van der Waals surface area contributed by atoms with E-state index < -0.39 is 49.3 Å². The lowest BCUT2D eigenvalue weighted by molar-refractivity contribution is -0.0731. The molecule has 0 spiro atoms. The van der Waals surface area contributed by atoms with Crippen molar-refractivity contribution in [3.8, 4) is 0 Å². The van der Waals surface area contributed by atoms with Gasteiger partial charge in [-0.3, -0.25) is 27.9 Å². The normalized spacial score (nSPS) is 28.2. The molecular formula is C17H16FN2O9P. The zero-order valence-corrected chi connectivity index (χ0v) is 16.1. The summed E-state index contributed by atoms with van der Waals surface area (Å²) in [7, 11) is -4.04. The average Bonchev–Trinajstić information content (AvgIpc) is 3.12. The van der Waals surface area contributed by atoms with Gasteiger partial charge >= 0.3 is 19.5 Å². The number of phosphoric ester groups is 1. The Balaban J connectivity index is 1.46. The predicted molar refractivity (Wildman–Crippen MR) is 96.4 cm³/mol. The van der Waals surface area contributed by atoms with E-state index in [4.69, 9.17) is 18.3 Å². The molecule has 0 bridgehead atoms. The Morgan fingerprint density at radius 3 is 2.87 bits per heavy atom. The third-order valence-electron chi connectivity index (χ3n) is 4.70. The summed E-state index contributed by atoms with van der Waals surface area (Å²) in [6, 6.07) is 6.04. The van der Waals surface area contributed by atoms with E-state index in [0.29, 0.717) is 0 Å². The van der Waals surface area contributed by atoms with E-state index in [-0.39, 0.29) is 30.8 Å². The third kappa shape index (κ3) is 4.00. The topological polar surface area (TPSA) is 146 Å². The van der Waals surface area contributed by atoms with Crippen molar-refractivity contribution in [1.29, 1.82) is 0 Å². The molecule has 11 nitrogen and oxygen atoms in total. The van der Waals surface area contributed by atoms with Crippen molar-refractivity contribution in [1.82, 2.24) is 9.55 Å². The summed E-state index contributed by atoms with van der Waals surface area (Å²) in [5.74, 6) is -2.32. The number of nitrogens with zero attached hydrogens (tertiary/aromatic N) is 1. The number of nitrogens with one attached hydrogen (secondary N) is 1. The third-order valence-corrected chi connectivity index (χ3v) is 6.14. The fraction of sp³-hybridized carbons (Fsp3) is 0.353. The summed E-state index contributed by atoms with van der Waals surface area (Å²) in [5.41, 5.74) is -1.74. The average molecular weight is 442 g/mol. The number of ether oxygens (including phenoxy) is 1. The van der Waals surface area contributed by atoms with E-state index >= 15 is 0 Å². The number of benzene rings is 1. The van der Waals surface area contributed by atoms with Crippen LogP contribution in [0.4, 0.5) is 4.39 Å². The van der Waals surface area contributed by atoms with Crippen LogP contribution in [0.1, 0.15) is 28.6 Å². The number of aromatic nitrogens is 2. The molecule has 1 aromatic heterocycles. The van der Waals surface area contributed by atoms with Gasteiger partial charge in [-0.05, 0) is 11.6 Å². The van der Waals surface area contributed by atoms with Crippen LogP contribution in [0.25, 0.3) is 0 Å². The zero-order valence-electron chi connectivity index (χ0n) is 15.2.